The van der Waals surface area contributed by atoms with Crippen molar-refractivity contribution in [1.82, 2.24) is 10.2 Å². The maximum atomic E-state index is 12.8. The number of likely N-dealkylation sites (tertiary alicyclic amines) is 1. The average Bonchev–Trinajstić information content (AvgIpc) is 3.31. The number of hydrogen-bond acceptors (Lipinski definition) is 4. The van der Waals surface area contributed by atoms with Gasteiger partial charge in [0.25, 0.3) is 0 Å². The van der Waals surface area contributed by atoms with E-state index in [1.54, 1.807) is 0 Å². The highest BCUT2D eigenvalue weighted by Gasteiger charge is 2.33. The van der Waals surface area contributed by atoms with Crippen LogP contribution >= 0.6 is 12.4 Å². The van der Waals surface area contributed by atoms with E-state index in [0.29, 0.717) is 31.5 Å². The number of ether oxygens (including phenoxy) is 2. The summed E-state index contributed by atoms with van der Waals surface area (Å²) in [6, 6.07) is 6.18. The van der Waals surface area contributed by atoms with Crippen LogP contribution < -0.4 is 14.8 Å². The molecular weight excluding hydrogens is 340 g/mol. The molecule has 3 aliphatic heterocycles. The minimum absolute atomic E-state index is 0. The van der Waals surface area contributed by atoms with Crippen LogP contribution in [0.4, 0.5) is 0 Å². The third-order valence-electron chi connectivity index (χ3n) is 5.46. The van der Waals surface area contributed by atoms with E-state index in [1.807, 2.05) is 12.1 Å². The minimum Gasteiger partial charge on any atom is -0.486 e. The molecule has 0 saturated carbocycles. The van der Waals surface area contributed by atoms with E-state index in [1.165, 1.54) is 6.42 Å². The molecule has 1 N–H and O–H groups in total. The van der Waals surface area contributed by atoms with Crippen molar-refractivity contribution < 1.29 is 14.3 Å². The zero-order valence-electron chi connectivity index (χ0n) is 14.5. The van der Waals surface area contributed by atoms with Crippen molar-refractivity contribution in [3.05, 3.63) is 23.8 Å². The number of benzene rings is 1. The van der Waals surface area contributed by atoms with Gasteiger partial charge in [-0.1, -0.05) is 12.1 Å². The number of nitrogens with zero attached hydrogens (tertiary/aromatic N) is 1. The van der Waals surface area contributed by atoms with Crippen molar-refractivity contribution in [2.75, 3.05) is 32.8 Å². The first kappa shape index (κ1) is 18.3. The van der Waals surface area contributed by atoms with Gasteiger partial charge in [-0.05, 0) is 50.8 Å². The number of para-hydroxylation sites is 1. The first-order chi connectivity index (χ1) is 11.8. The maximum Gasteiger partial charge on any atom is 0.223 e. The van der Waals surface area contributed by atoms with Gasteiger partial charge in [0, 0.05) is 18.5 Å². The Morgan fingerprint density at radius 3 is 2.96 bits per heavy atom. The minimum atomic E-state index is 0. The van der Waals surface area contributed by atoms with Gasteiger partial charge in [-0.15, -0.1) is 12.4 Å². The highest BCUT2D eigenvalue weighted by atomic mass is 35.5. The Labute approximate surface area is 155 Å². The van der Waals surface area contributed by atoms with E-state index in [4.69, 9.17) is 9.47 Å². The lowest BCUT2D eigenvalue weighted by atomic mass is 10.00. The SMILES string of the molecule is Cl.O=C(CCC1CCNC1)N1CCCC1c1cccc2c1OCCO2. The summed E-state index contributed by atoms with van der Waals surface area (Å²) in [5, 5.41) is 3.38. The lowest BCUT2D eigenvalue weighted by molar-refractivity contribution is -0.132. The van der Waals surface area contributed by atoms with Gasteiger partial charge in [0.2, 0.25) is 5.91 Å². The Balaban J connectivity index is 0.00000182. The van der Waals surface area contributed by atoms with Crippen LogP contribution in [0.1, 0.15) is 43.7 Å². The molecule has 1 aromatic carbocycles. The third kappa shape index (κ3) is 3.87. The molecular formula is C19H27ClN2O3. The number of carbonyl (C=O) groups excluding carboxylic acids is 1. The number of rotatable bonds is 4. The van der Waals surface area contributed by atoms with Gasteiger partial charge in [-0.3, -0.25) is 4.79 Å². The predicted molar refractivity (Wildman–Crippen MR) is 98.6 cm³/mol. The molecule has 2 fully saturated rings. The summed E-state index contributed by atoms with van der Waals surface area (Å²) in [5.41, 5.74) is 1.11. The molecule has 0 aliphatic carbocycles. The standard InChI is InChI=1S/C19H26N2O3.ClH/c22-18(7-6-14-8-9-20-13-14)21-10-2-4-16(21)15-3-1-5-17-19(15)24-12-11-23-17;/h1,3,5,14,16,20H,2,4,6-13H2;1H. The zero-order valence-corrected chi connectivity index (χ0v) is 15.4. The van der Waals surface area contributed by atoms with Gasteiger partial charge < -0.3 is 19.7 Å². The van der Waals surface area contributed by atoms with Crippen LogP contribution in [0.25, 0.3) is 0 Å². The molecule has 2 saturated heterocycles. The molecule has 0 spiro atoms. The Kier molecular flexibility index (Phi) is 6.07. The summed E-state index contributed by atoms with van der Waals surface area (Å²) in [6.07, 6.45) is 4.94. The Bertz CT molecular complexity index is 604. The molecule has 1 amide bonds. The topological polar surface area (TPSA) is 50.8 Å². The first-order valence-corrected chi connectivity index (χ1v) is 9.21. The van der Waals surface area contributed by atoms with E-state index >= 15 is 0 Å². The summed E-state index contributed by atoms with van der Waals surface area (Å²) in [4.78, 5) is 14.9. The van der Waals surface area contributed by atoms with Crippen molar-refractivity contribution in [2.24, 2.45) is 5.92 Å². The maximum absolute atomic E-state index is 12.8. The Morgan fingerprint density at radius 2 is 2.12 bits per heavy atom. The van der Waals surface area contributed by atoms with Gasteiger partial charge in [-0.2, -0.15) is 0 Å². The second-order valence-electron chi connectivity index (χ2n) is 7.01. The summed E-state index contributed by atoms with van der Waals surface area (Å²) in [6.45, 7) is 4.20. The molecule has 0 bridgehead atoms. The van der Waals surface area contributed by atoms with E-state index in [0.717, 1.165) is 56.0 Å². The number of hydrogen-bond donors (Lipinski definition) is 1. The van der Waals surface area contributed by atoms with Crippen molar-refractivity contribution in [3.63, 3.8) is 0 Å². The van der Waals surface area contributed by atoms with Gasteiger partial charge in [-0.25, -0.2) is 0 Å². The number of carbonyl (C=O) groups is 1. The molecule has 0 aromatic heterocycles. The molecule has 25 heavy (non-hydrogen) atoms. The molecule has 5 nitrogen and oxygen atoms in total. The van der Waals surface area contributed by atoms with Crippen LogP contribution in [-0.4, -0.2) is 43.7 Å². The number of halogens is 1. The first-order valence-electron chi connectivity index (χ1n) is 9.21. The van der Waals surface area contributed by atoms with Crippen LogP contribution in [0, 0.1) is 5.92 Å². The van der Waals surface area contributed by atoms with Crippen molar-refractivity contribution in [2.45, 2.75) is 38.1 Å². The number of nitrogens with one attached hydrogen (secondary N) is 1. The fourth-order valence-electron chi connectivity index (χ4n) is 4.18. The third-order valence-corrected chi connectivity index (χ3v) is 5.46. The van der Waals surface area contributed by atoms with E-state index in [2.05, 4.69) is 16.3 Å². The zero-order chi connectivity index (χ0) is 16.4. The van der Waals surface area contributed by atoms with E-state index in [9.17, 15) is 4.79 Å². The summed E-state index contributed by atoms with van der Waals surface area (Å²) in [5.74, 6) is 2.61. The molecule has 3 aliphatic rings. The normalized spacial score (nSPS) is 24.9. The molecule has 2 atom stereocenters. The Morgan fingerprint density at radius 1 is 1.24 bits per heavy atom. The van der Waals surface area contributed by atoms with Crippen molar-refractivity contribution in [3.8, 4) is 11.5 Å². The fraction of sp³-hybridized carbons (Fsp3) is 0.632. The summed E-state index contributed by atoms with van der Waals surface area (Å²) in [7, 11) is 0. The van der Waals surface area contributed by atoms with Gasteiger partial charge in [0.05, 0.1) is 6.04 Å². The number of fused-ring (bicyclic) bond motifs is 1. The highest BCUT2D eigenvalue weighted by Crippen LogP contribution is 2.43. The smallest absolute Gasteiger partial charge is 0.223 e. The number of amides is 1. The van der Waals surface area contributed by atoms with Crippen LogP contribution in [0.2, 0.25) is 0 Å². The molecule has 3 heterocycles. The van der Waals surface area contributed by atoms with Gasteiger partial charge in [0.1, 0.15) is 13.2 Å². The van der Waals surface area contributed by atoms with Gasteiger partial charge >= 0.3 is 0 Å². The molecule has 0 radical (unpaired) electrons. The highest BCUT2D eigenvalue weighted by molar-refractivity contribution is 5.85. The van der Waals surface area contributed by atoms with E-state index in [-0.39, 0.29) is 18.4 Å². The second kappa shape index (κ2) is 8.28. The second-order valence-corrected chi connectivity index (χ2v) is 7.01. The molecule has 4 rings (SSSR count). The summed E-state index contributed by atoms with van der Waals surface area (Å²) >= 11 is 0. The quantitative estimate of drug-likeness (QED) is 0.890. The van der Waals surface area contributed by atoms with Gasteiger partial charge in [0.15, 0.2) is 11.5 Å². The van der Waals surface area contributed by atoms with Crippen LogP contribution in [0.3, 0.4) is 0 Å². The predicted octanol–water partition coefficient (Wildman–Crippen LogP) is 2.93. The van der Waals surface area contributed by atoms with Crippen molar-refractivity contribution >= 4 is 18.3 Å². The average molecular weight is 367 g/mol. The fourth-order valence-corrected chi connectivity index (χ4v) is 4.18. The Hall–Kier alpha value is -1.46. The van der Waals surface area contributed by atoms with Crippen LogP contribution in [0.5, 0.6) is 11.5 Å². The lowest BCUT2D eigenvalue weighted by Crippen LogP contribution is -2.31. The van der Waals surface area contributed by atoms with Crippen LogP contribution in [0.15, 0.2) is 18.2 Å². The van der Waals surface area contributed by atoms with E-state index < -0.39 is 0 Å². The monoisotopic (exact) mass is 366 g/mol. The summed E-state index contributed by atoms with van der Waals surface area (Å²) < 4.78 is 11.6. The molecule has 6 heteroatoms. The van der Waals surface area contributed by atoms with Crippen LogP contribution in [-0.2, 0) is 4.79 Å². The largest absolute Gasteiger partial charge is 0.486 e. The molecule has 2 unspecified atom stereocenters. The molecule has 138 valence electrons. The molecule has 1 aromatic rings. The van der Waals surface area contributed by atoms with Crippen molar-refractivity contribution in [1.29, 1.82) is 0 Å². The lowest BCUT2D eigenvalue weighted by Gasteiger charge is -2.29.